The van der Waals surface area contributed by atoms with Crippen LogP contribution in [0.3, 0.4) is 0 Å². The Morgan fingerprint density at radius 1 is 1.30 bits per heavy atom. The SMILES string of the molecule is O=C(OCc1cc(=O)n2cc(Br)ccc2n1)c1cc(Cl)ccn1. The largest absolute Gasteiger partial charge is 0.454 e. The Kier molecular flexibility index (Phi) is 4.40. The molecular formula is C15H9BrClN3O3. The molecule has 0 aliphatic heterocycles. The van der Waals surface area contributed by atoms with E-state index in [0.717, 1.165) is 4.47 Å². The summed E-state index contributed by atoms with van der Waals surface area (Å²) in [7, 11) is 0. The zero-order valence-electron chi connectivity index (χ0n) is 11.6. The van der Waals surface area contributed by atoms with Gasteiger partial charge in [0, 0.05) is 28.0 Å². The van der Waals surface area contributed by atoms with E-state index in [-0.39, 0.29) is 17.9 Å². The minimum atomic E-state index is -0.634. The third kappa shape index (κ3) is 3.57. The second-order valence-electron chi connectivity index (χ2n) is 4.60. The van der Waals surface area contributed by atoms with E-state index in [2.05, 4.69) is 25.9 Å². The number of hydrogen-bond donors (Lipinski definition) is 0. The molecule has 3 rings (SSSR count). The van der Waals surface area contributed by atoms with Crippen LogP contribution < -0.4 is 5.56 Å². The summed E-state index contributed by atoms with van der Waals surface area (Å²) < 4.78 is 7.28. The third-order valence-electron chi connectivity index (χ3n) is 2.96. The summed E-state index contributed by atoms with van der Waals surface area (Å²) in [5, 5.41) is 0.389. The van der Waals surface area contributed by atoms with E-state index in [9.17, 15) is 9.59 Å². The van der Waals surface area contributed by atoms with Crippen molar-refractivity contribution < 1.29 is 9.53 Å². The maximum Gasteiger partial charge on any atom is 0.357 e. The van der Waals surface area contributed by atoms with Gasteiger partial charge in [0.1, 0.15) is 17.9 Å². The van der Waals surface area contributed by atoms with Crippen molar-refractivity contribution in [2.24, 2.45) is 0 Å². The van der Waals surface area contributed by atoms with Crippen molar-refractivity contribution in [1.82, 2.24) is 14.4 Å². The lowest BCUT2D eigenvalue weighted by Crippen LogP contribution is -2.16. The van der Waals surface area contributed by atoms with Gasteiger partial charge in [0.2, 0.25) is 0 Å². The number of ether oxygens (including phenoxy) is 1. The topological polar surface area (TPSA) is 73.6 Å². The van der Waals surface area contributed by atoms with Gasteiger partial charge in [-0.2, -0.15) is 0 Å². The van der Waals surface area contributed by atoms with Crippen molar-refractivity contribution in [2.75, 3.05) is 0 Å². The molecule has 0 aliphatic carbocycles. The molecule has 0 saturated heterocycles. The molecule has 8 heteroatoms. The lowest BCUT2D eigenvalue weighted by Gasteiger charge is -2.06. The molecule has 0 atom stereocenters. The normalized spacial score (nSPS) is 10.7. The van der Waals surface area contributed by atoms with Crippen molar-refractivity contribution in [3.63, 3.8) is 0 Å². The van der Waals surface area contributed by atoms with Crippen molar-refractivity contribution in [1.29, 1.82) is 0 Å². The second kappa shape index (κ2) is 6.47. The van der Waals surface area contributed by atoms with Crippen LogP contribution in [-0.4, -0.2) is 20.3 Å². The number of esters is 1. The molecule has 0 amide bonds. The van der Waals surface area contributed by atoms with Crippen LogP contribution in [0.1, 0.15) is 16.2 Å². The molecule has 116 valence electrons. The van der Waals surface area contributed by atoms with Crippen LogP contribution in [0.5, 0.6) is 0 Å². The first-order chi connectivity index (χ1) is 11.0. The fraction of sp³-hybridized carbons (Fsp3) is 0.0667. The molecule has 3 aromatic heterocycles. The number of carbonyl (C=O) groups excluding carboxylic acids is 1. The number of nitrogens with zero attached hydrogens (tertiary/aromatic N) is 3. The predicted molar refractivity (Wildman–Crippen MR) is 87.5 cm³/mol. The molecule has 3 heterocycles. The van der Waals surface area contributed by atoms with Gasteiger partial charge in [-0.25, -0.2) is 14.8 Å². The highest BCUT2D eigenvalue weighted by Gasteiger charge is 2.11. The van der Waals surface area contributed by atoms with Crippen molar-refractivity contribution in [3.8, 4) is 0 Å². The quantitative estimate of drug-likeness (QED) is 0.639. The summed E-state index contributed by atoms with van der Waals surface area (Å²) in [6, 6.07) is 7.74. The van der Waals surface area contributed by atoms with E-state index in [1.807, 2.05) is 0 Å². The molecule has 0 aliphatic rings. The van der Waals surface area contributed by atoms with E-state index < -0.39 is 5.97 Å². The fourth-order valence-corrected chi connectivity index (χ4v) is 2.43. The minimum Gasteiger partial charge on any atom is -0.454 e. The summed E-state index contributed by atoms with van der Waals surface area (Å²) in [6.45, 7) is -0.130. The lowest BCUT2D eigenvalue weighted by atomic mass is 10.3. The molecular weight excluding hydrogens is 386 g/mol. The maximum atomic E-state index is 12.0. The van der Waals surface area contributed by atoms with Gasteiger partial charge in [0.25, 0.3) is 5.56 Å². The lowest BCUT2D eigenvalue weighted by molar-refractivity contribution is 0.0460. The Balaban J connectivity index is 1.81. The Morgan fingerprint density at radius 3 is 2.91 bits per heavy atom. The Morgan fingerprint density at radius 2 is 2.13 bits per heavy atom. The Hall–Kier alpha value is -2.25. The van der Waals surface area contributed by atoms with Crippen LogP contribution in [0.15, 0.2) is 52.0 Å². The average Bonchev–Trinajstić information content (AvgIpc) is 2.53. The molecule has 0 aromatic carbocycles. The summed E-state index contributed by atoms with van der Waals surface area (Å²) in [5.41, 5.74) is 0.655. The highest BCUT2D eigenvalue weighted by molar-refractivity contribution is 9.10. The minimum absolute atomic E-state index is 0.0962. The first kappa shape index (κ1) is 15.6. The van der Waals surface area contributed by atoms with Crippen LogP contribution >= 0.6 is 27.5 Å². The van der Waals surface area contributed by atoms with Gasteiger partial charge in [-0.15, -0.1) is 0 Å². The van der Waals surface area contributed by atoms with Crippen LogP contribution in [0.25, 0.3) is 5.65 Å². The second-order valence-corrected chi connectivity index (χ2v) is 5.95. The van der Waals surface area contributed by atoms with E-state index in [1.165, 1.54) is 22.7 Å². The first-order valence-electron chi connectivity index (χ1n) is 6.49. The summed E-state index contributed by atoms with van der Waals surface area (Å²) in [5.74, 6) is -0.634. The van der Waals surface area contributed by atoms with Crippen LogP contribution in [-0.2, 0) is 11.3 Å². The Bertz CT molecular complexity index is 958. The number of aromatic nitrogens is 3. The molecule has 6 nitrogen and oxygen atoms in total. The van der Waals surface area contributed by atoms with Gasteiger partial charge in [0.05, 0.1) is 5.69 Å². The van der Waals surface area contributed by atoms with Gasteiger partial charge in [-0.3, -0.25) is 9.20 Å². The van der Waals surface area contributed by atoms with Gasteiger partial charge in [-0.05, 0) is 40.2 Å². The molecule has 0 unspecified atom stereocenters. The van der Waals surface area contributed by atoms with E-state index in [0.29, 0.717) is 16.4 Å². The standard InChI is InChI=1S/C15H9BrClN3O3/c16-9-1-2-13-19-11(6-14(21)20(13)7-9)8-23-15(22)12-5-10(17)3-4-18-12/h1-7H,8H2. The molecule has 0 saturated carbocycles. The van der Waals surface area contributed by atoms with E-state index in [1.54, 1.807) is 24.4 Å². The van der Waals surface area contributed by atoms with Crippen LogP contribution in [0.4, 0.5) is 0 Å². The van der Waals surface area contributed by atoms with Crippen LogP contribution in [0, 0.1) is 0 Å². The zero-order valence-corrected chi connectivity index (χ0v) is 13.9. The fourth-order valence-electron chi connectivity index (χ4n) is 1.93. The summed E-state index contributed by atoms with van der Waals surface area (Å²) in [6.07, 6.45) is 3.04. The Labute approximate surface area is 143 Å². The number of carbonyl (C=O) groups is 1. The van der Waals surface area contributed by atoms with Crippen molar-refractivity contribution >= 4 is 39.1 Å². The first-order valence-corrected chi connectivity index (χ1v) is 7.66. The molecule has 3 aromatic rings. The predicted octanol–water partition coefficient (Wildman–Crippen LogP) is 2.86. The van der Waals surface area contributed by atoms with Crippen LogP contribution in [0.2, 0.25) is 5.02 Å². The van der Waals surface area contributed by atoms with Gasteiger partial charge in [-0.1, -0.05) is 11.6 Å². The molecule has 0 radical (unpaired) electrons. The smallest absolute Gasteiger partial charge is 0.357 e. The van der Waals surface area contributed by atoms with Crippen molar-refractivity contribution in [3.05, 3.63) is 74.0 Å². The summed E-state index contributed by atoms with van der Waals surface area (Å²) >= 11 is 9.09. The third-order valence-corrected chi connectivity index (χ3v) is 3.66. The molecule has 23 heavy (non-hydrogen) atoms. The highest BCUT2D eigenvalue weighted by Crippen LogP contribution is 2.11. The number of pyridine rings is 2. The zero-order chi connectivity index (χ0) is 16.4. The maximum absolute atomic E-state index is 12.0. The van der Waals surface area contributed by atoms with E-state index >= 15 is 0 Å². The number of hydrogen-bond acceptors (Lipinski definition) is 5. The van der Waals surface area contributed by atoms with Crippen molar-refractivity contribution in [2.45, 2.75) is 6.61 Å². The van der Waals surface area contributed by atoms with Gasteiger partial charge in [0.15, 0.2) is 0 Å². The number of fused-ring (bicyclic) bond motifs is 1. The molecule has 0 spiro atoms. The highest BCUT2D eigenvalue weighted by atomic mass is 79.9. The monoisotopic (exact) mass is 393 g/mol. The number of rotatable bonds is 3. The molecule has 0 N–H and O–H groups in total. The number of halogens is 2. The van der Waals surface area contributed by atoms with E-state index in [4.69, 9.17) is 16.3 Å². The molecule has 0 bridgehead atoms. The molecule has 0 fully saturated rings. The summed E-state index contributed by atoms with van der Waals surface area (Å²) in [4.78, 5) is 32.1. The van der Waals surface area contributed by atoms with Gasteiger partial charge >= 0.3 is 5.97 Å². The average molecular weight is 395 g/mol. The van der Waals surface area contributed by atoms with Gasteiger partial charge < -0.3 is 4.74 Å².